The molecular formula is C23H26N2. The van der Waals surface area contributed by atoms with Gasteiger partial charge in [-0.15, -0.1) is 0 Å². The molecule has 2 aromatic carbocycles. The van der Waals surface area contributed by atoms with E-state index in [2.05, 4.69) is 98.6 Å². The van der Waals surface area contributed by atoms with E-state index in [9.17, 15) is 0 Å². The second-order valence-electron chi connectivity index (χ2n) is 7.61. The van der Waals surface area contributed by atoms with Crippen molar-refractivity contribution in [3.63, 3.8) is 0 Å². The highest BCUT2D eigenvalue weighted by Crippen LogP contribution is 2.38. The largest absolute Gasteiger partial charge is 0.337 e. The summed E-state index contributed by atoms with van der Waals surface area (Å²) in [6, 6.07) is 17.8. The molecule has 0 radical (unpaired) electrons. The minimum Gasteiger partial charge on any atom is -0.337 e. The van der Waals surface area contributed by atoms with Crippen LogP contribution in [0.2, 0.25) is 0 Å². The number of rotatable bonds is 3. The van der Waals surface area contributed by atoms with Gasteiger partial charge in [-0.05, 0) is 35.1 Å². The number of hydrogen-bond donors (Lipinski definition) is 0. The van der Waals surface area contributed by atoms with Gasteiger partial charge in [-0.3, -0.25) is 4.57 Å². The summed E-state index contributed by atoms with van der Waals surface area (Å²) in [6.07, 6.45) is 2.18. The third-order valence-corrected chi connectivity index (χ3v) is 5.25. The Bertz CT molecular complexity index is 1060. The molecule has 0 spiro atoms. The summed E-state index contributed by atoms with van der Waals surface area (Å²) in [4.78, 5) is 0. The summed E-state index contributed by atoms with van der Waals surface area (Å²) in [6.45, 7) is 9.11. The van der Waals surface area contributed by atoms with Gasteiger partial charge in [-0.25, -0.2) is 0 Å². The van der Waals surface area contributed by atoms with Gasteiger partial charge in [0.2, 0.25) is 0 Å². The van der Waals surface area contributed by atoms with Crippen molar-refractivity contribution in [1.29, 1.82) is 0 Å². The molecule has 0 amide bonds. The summed E-state index contributed by atoms with van der Waals surface area (Å²) in [7, 11) is 2.15. The predicted molar refractivity (Wildman–Crippen MR) is 108 cm³/mol. The summed E-state index contributed by atoms with van der Waals surface area (Å²) in [5.41, 5.74) is 5.44. The van der Waals surface area contributed by atoms with E-state index in [0.29, 0.717) is 11.8 Å². The van der Waals surface area contributed by atoms with E-state index >= 15 is 0 Å². The Morgan fingerprint density at radius 1 is 0.720 bits per heavy atom. The van der Waals surface area contributed by atoms with Crippen LogP contribution in [0.5, 0.6) is 0 Å². The van der Waals surface area contributed by atoms with Crippen molar-refractivity contribution in [2.45, 2.75) is 39.5 Å². The van der Waals surface area contributed by atoms with Crippen LogP contribution in [0.15, 0.2) is 54.7 Å². The standard InChI is InChI=1S/C23H26N2/c1-15(2)17-10-8-11-20-19-9-6-7-12-21(19)25(22(17)20)23-18(16(3)4)13-14-24(23)5/h6-16H,1-5H3. The van der Waals surface area contributed by atoms with E-state index in [1.165, 1.54) is 38.8 Å². The first-order chi connectivity index (χ1) is 12.0. The maximum absolute atomic E-state index is 2.48. The zero-order chi connectivity index (χ0) is 17.7. The van der Waals surface area contributed by atoms with Crippen LogP contribution in [-0.2, 0) is 7.05 Å². The normalized spacial score (nSPS) is 12.1. The molecule has 2 heteroatoms. The highest BCUT2D eigenvalue weighted by molar-refractivity contribution is 6.10. The van der Waals surface area contributed by atoms with Crippen LogP contribution in [-0.4, -0.2) is 9.13 Å². The maximum Gasteiger partial charge on any atom is 0.120 e. The lowest BCUT2D eigenvalue weighted by atomic mass is 9.99. The second kappa shape index (κ2) is 5.80. The Balaban J connectivity index is 2.25. The van der Waals surface area contributed by atoms with Crippen molar-refractivity contribution < 1.29 is 0 Å². The third kappa shape index (κ3) is 2.31. The van der Waals surface area contributed by atoms with E-state index in [0.717, 1.165) is 0 Å². The smallest absolute Gasteiger partial charge is 0.120 e. The molecule has 4 aromatic rings. The average molecular weight is 330 g/mol. The summed E-state index contributed by atoms with van der Waals surface area (Å²) < 4.78 is 4.74. The van der Waals surface area contributed by atoms with Crippen LogP contribution in [0, 0.1) is 0 Å². The van der Waals surface area contributed by atoms with E-state index in [1.54, 1.807) is 0 Å². The van der Waals surface area contributed by atoms with Crippen molar-refractivity contribution in [3.05, 3.63) is 65.9 Å². The summed E-state index contributed by atoms with van der Waals surface area (Å²) in [5, 5.41) is 2.67. The summed E-state index contributed by atoms with van der Waals surface area (Å²) >= 11 is 0. The first-order valence-corrected chi connectivity index (χ1v) is 9.18. The fraction of sp³-hybridized carbons (Fsp3) is 0.304. The van der Waals surface area contributed by atoms with Gasteiger partial charge in [-0.1, -0.05) is 64.1 Å². The van der Waals surface area contributed by atoms with Crippen molar-refractivity contribution in [2.75, 3.05) is 0 Å². The number of aryl methyl sites for hydroxylation is 1. The SMILES string of the molecule is CC(C)c1ccn(C)c1-n1c2ccccc2c2cccc(C(C)C)c21. The van der Waals surface area contributed by atoms with Gasteiger partial charge in [0.1, 0.15) is 5.82 Å². The first-order valence-electron chi connectivity index (χ1n) is 9.18. The molecule has 0 saturated carbocycles. The lowest BCUT2D eigenvalue weighted by Gasteiger charge is -2.17. The second-order valence-corrected chi connectivity index (χ2v) is 7.61. The van der Waals surface area contributed by atoms with E-state index in [4.69, 9.17) is 0 Å². The third-order valence-electron chi connectivity index (χ3n) is 5.25. The minimum atomic E-state index is 0.481. The van der Waals surface area contributed by atoms with Crippen LogP contribution < -0.4 is 0 Å². The molecule has 128 valence electrons. The molecule has 0 atom stereocenters. The Morgan fingerprint density at radius 2 is 1.40 bits per heavy atom. The highest BCUT2D eigenvalue weighted by Gasteiger charge is 2.20. The van der Waals surface area contributed by atoms with Crippen LogP contribution in [0.25, 0.3) is 27.6 Å². The minimum absolute atomic E-state index is 0.481. The molecule has 2 heterocycles. The van der Waals surface area contributed by atoms with Gasteiger partial charge in [-0.2, -0.15) is 0 Å². The molecule has 0 aliphatic heterocycles. The molecule has 4 rings (SSSR count). The highest BCUT2D eigenvalue weighted by atomic mass is 15.1. The number of aromatic nitrogens is 2. The Hall–Kier alpha value is -2.48. The topological polar surface area (TPSA) is 9.86 Å². The Labute approximate surface area is 149 Å². The fourth-order valence-corrected chi connectivity index (χ4v) is 4.01. The fourth-order valence-electron chi connectivity index (χ4n) is 4.01. The zero-order valence-electron chi connectivity index (χ0n) is 15.7. The zero-order valence-corrected chi connectivity index (χ0v) is 15.7. The van der Waals surface area contributed by atoms with Crippen LogP contribution in [0.4, 0.5) is 0 Å². The number of fused-ring (bicyclic) bond motifs is 3. The lowest BCUT2D eigenvalue weighted by molar-refractivity contribution is 0.808. The van der Waals surface area contributed by atoms with Gasteiger partial charge in [0.15, 0.2) is 0 Å². The van der Waals surface area contributed by atoms with Crippen molar-refractivity contribution in [1.82, 2.24) is 9.13 Å². The molecule has 0 unspecified atom stereocenters. The molecular weight excluding hydrogens is 304 g/mol. The van der Waals surface area contributed by atoms with Crippen LogP contribution >= 0.6 is 0 Å². The Kier molecular flexibility index (Phi) is 3.72. The van der Waals surface area contributed by atoms with Crippen molar-refractivity contribution in [3.8, 4) is 5.82 Å². The molecule has 0 saturated heterocycles. The quantitative estimate of drug-likeness (QED) is 0.413. The number of benzene rings is 2. The van der Waals surface area contributed by atoms with Crippen LogP contribution in [0.1, 0.15) is 50.7 Å². The van der Waals surface area contributed by atoms with E-state index < -0.39 is 0 Å². The molecule has 2 aromatic heterocycles. The number of nitrogens with zero attached hydrogens (tertiary/aromatic N) is 2. The summed E-state index contributed by atoms with van der Waals surface area (Å²) in [5.74, 6) is 2.25. The Morgan fingerprint density at radius 3 is 2.12 bits per heavy atom. The van der Waals surface area contributed by atoms with Crippen molar-refractivity contribution in [2.24, 2.45) is 7.05 Å². The molecule has 0 aliphatic rings. The van der Waals surface area contributed by atoms with E-state index in [-0.39, 0.29) is 0 Å². The maximum atomic E-state index is 2.48. The molecule has 0 N–H and O–H groups in total. The molecule has 0 fully saturated rings. The van der Waals surface area contributed by atoms with Gasteiger partial charge < -0.3 is 4.57 Å². The number of para-hydroxylation sites is 2. The van der Waals surface area contributed by atoms with Gasteiger partial charge in [0.05, 0.1) is 11.0 Å². The molecule has 25 heavy (non-hydrogen) atoms. The monoisotopic (exact) mass is 330 g/mol. The predicted octanol–water partition coefficient (Wildman–Crippen LogP) is 6.37. The first kappa shape index (κ1) is 16.0. The van der Waals surface area contributed by atoms with Gasteiger partial charge in [0, 0.05) is 24.0 Å². The van der Waals surface area contributed by atoms with Crippen molar-refractivity contribution >= 4 is 21.8 Å². The lowest BCUT2D eigenvalue weighted by Crippen LogP contribution is -2.06. The van der Waals surface area contributed by atoms with Crippen LogP contribution in [0.3, 0.4) is 0 Å². The average Bonchev–Trinajstić information content (AvgIpc) is 3.12. The molecule has 0 aliphatic carbocycles. The van der Waals surface area contributed by atoms with E-state index in [1.807, 2.05) is 0 Å². The number of hydrogen-bond acceptors (Lipinski definition) is 0. The molecule has 0 bridgehead atoms. The van der Waals surface area contributed by atoms with Gasteiger partial charge >= 0.3 is 0 Å². The molecule has 2 nitrogen and oxygen atoms in total. The van der Waals surface area contributed by atoms with Gasteiger partial charge in [0.25, 0.3) is 0 Å².